The molecular weight excluding hydrogens is 188 g/mol. The van der Waals surface area contributed by atoms with Crippen LogP contribution in [0.4, 0.5) is 0 Å². The van der Waals surface area contributed by atoms with E-state index in [1.54, 1.807) is 0 Å². The van der Waals surface area contributed by atoms with Crippen molar-refractivity contribution in [2.24, 2.45) is 5.41 Å². The van der Waals surface area contributed by atoms with Crippen LogP contribution in [0.25, 0.3) is 0 Å². The second-order valence-electron chi connectivity index (χ2n) is 4.54. The molecule has 0 radical (unpaired) electrons. The average Bonchev–Trinajstić information content (AvgIpc) is 2.30. The molecule has 0 saturated heterocycles. The first-order chi connectivity index (χ1) is 5.99. The maximum absolute atomic E-state index is 10.8. The fourth-order valence-electron chi connectivity index (χ4n) is 2.75. The largest absolute Gasteiger partial charge is 0.267 e. The van der Waals surface area contributed by atoms with E-state index in [9.17, 15) is 8.42 Å². The Morgan fingerprint density at radius 3 is 2.23 bits per heavy atom. The van der Waals surface area contributed by atoms with Gasteiger partial charge in [0.1, 0.15) is 0 Å². The molecule has 1 spiro atoms. The summed E-state index contributed by atoms with van der Waals surface area (Å²) in [4.78, 5) is 0. The Hall–Kier alpha value is -0.0900. The molecule has 0 aromatic rings. The minimum atomic E-state index is -3.23. The fraction of sp³-hybridized carbons (Fsp3) is 1.00. The number of hydrogen-bond donors (Lipinski definition) is 0. The summed E-state index contributed by atoms with van der Waals surface area (Å²) in [5.74, 6) is 0. The predicted octanol–water partition coefficient (Wildman–Crippen LogP) is 1.69. The molecule has 2 rings (SSSR count). The summed E-state index contributed by atoms with van der Waals surface area (Å²) in [7, 11) is -3.23. The highest BCUT2D eigenvalue weighted by molar-refractivity contribution is 7.86. The van der Waals surface area contributed by atoms with Crippen LogP contribution in [-0.4, -0.2) is 20.8 Å². The third-order valence-electron chi connectivity index (χ3n) is 3.30. The molecule has 0 aromatic heterocycles. The van der Waals surface area contributed by atoms with Crippen molar-refractivity contribution in [1.82, 2.24) is 0 Å². The molecule has 0 aliphatic heterocycles. The Balaban J connectivity index is 1.84. The van der Waals surface area contributed by atoms with Crippen LogP contribution in [0.15, 0.2) is 0 Å². The second-order valence-corrected chi connectivity index (χ2v) is 6.14. The highest BCUT2D eigenvalue weighted by Gasteiger charge is 2.47. The van der Waals surface area contributed by atoms with Gasteiger partial charge in [-0.3, -0.25) is 4.18 Å². The maximum atomic E-state index is 10.8. The SMILES string of the molecule is CS(=O)(=O)OC1CC2(CCCC2)C1. The summed E-state index contributed by atoms with van der Waals surface area (Å²) in [6.45, 7) is 0. The first-order valence-corrected chi connectivity index (χ1v) is 6.69. The van der Waals surface area contributed by atoms with E-state index in [0.717, 1.165) is 19.1 Å². The van der Waals surface area contributed by atoms with E-state index < -0.39 is 10.1 Å². The van der Waals surface area contributed by atoms with Gasteiger partial charge >= 0.3 is 0 Å². The minimum Gasteiger partial charge on any atom is -0.267 e. The third kappa shape index (κ3) is 2.05. The molecule has 13 heavy (non-hydrogen) atoms. The summed E-state index contributed by atoms with van der Waals surface area (Å²) in [6, 6.07) is 0. The van der Waals surface area contributed by atoms with Crippen molar-refractivity contribution in [3.63, 3.8) is 0 Å². The summed E-state index contributed by atoms with van der Waals surface area (Å²) < 4.78 is 26.6. The van der Waals surface area contributed by atoms with E-state index in [-0.39, 0.29) is 6.10 Å². The van der Waals surface area contributed by atoms with Crippen molar-refractivity contribution in [1.29, 1.82) is 0 Å². The van der Waals surface area contributed by atoms with Crippen molar-refractivity contribution < 1.29 is 12.6 Å². The Morgan fingerprint density at radius 2 is 1.77 bits per heavy atom. The van der Waals surface area contributed by atoms with Gasteiger partial charge in [-0.2, -0.15) is 8.42 Å². The first kappa shape index (κ1) is 9.46. The zero-order chi connectivity index (χ0) is 9.53. The lowest BCUT2D eigenvalue weighted by Crippen LogP contribution is -2.41. The van der Waals surface area contributed by atoms with E-state index in [2.05, 4.69) is 0 Å². The maximum Gasteiger partial charge on any atom is 0.264 e. The lowest BCUT2D eigenvalue weighted by Gasteiger charge is -2.44. The van der Waals surface area contributed by atoms with Crippen LogP contribution in [0.1, 0.15) is 38.5 Å². The van der Waals surface area contributed by atoms with Gasteiger partial charge in [0.05, 0.1) is 12.4 Å². The van der Waals surface area contributed by atoms with Gasteiger partial charge in [-0.05, 0) is 31.1 Å². The van der Waals surface area contributed by atoms with Crippen molar-refractivity contribution in [2.75, 3.05) is 6.26 Å². The molecular formula is C9H16O3S. The van der Waals surface area contributed by atoms with Gasteiger partial charge in [-0.1, -0.05) is 12.8 Å². The normalized spacial score (nSPS) is 27.8. The van der Waals surface area contributed by atoms with Crippen LogP contribution >= 0.6 is 0 Å². The second kappa shape index (κ2) is 2.95. The molecule has 0 N–H and O–H groups in total. The summed E-state index contributed by atoms with van der Waals surface area (Å²) in [5.41, 5.74) is 0.468. The average molecular weight is 204 g/mol. The standard InChI is InChI=1S/C9H16O3S/c1-13(10,11)12-8-6-9(7-8)4-2-3-5-9/h8H,2-7H2,1H3. The van der Waals surface area contributed by atoms with Gasteiger partial charge in [0.25, 0.3) is 10.1 Å². The molecule has 0 amide bonds. The summed E-state index contributed by atoms with van der Waals surface area (Å²) in [6.07, 6.45) is 8.20. The molecule has 0 unspecified atom stereocenters. The highest BCUT2D eigenvalue weighted by atomic mass is 32.2. The molecule has 0 aromatic carbocycles. The monoisotopic (exact) mass is 204 g/mol. The van der Waals surface area contributed by atoms with Gasteiger partial charge in [-0.15, -0.1) is 0 Å². The van der Waals surface area contributed by atoms with E-state index in [0.29, 0.717) is 5.41 Å². The Labute approximate surface area is 79.6 Å². The molecule has 2 fully saturated rings. The zero-order valence-corrected chi connectivity index (χ0v) is 8.77. The van der Waals surface area contributed by atoms with Gasteiger partial charge in [-0.25, -0.2) is 0 Å². The third-order valence-corrected chi connectivity index (χ3v) is 3.92. The minimum absolute atomic E-state index is 0.0203. The first-order valence-electron chi connectivity index (χ1n) is 4.87. The van der Waals surface area contributed by atoms with Crippen LogP contribution < -0.4 is 0 Å². The van der Waals surface area contributed by atoms with E-state index in [4.69, 9.17) is 4.18 Å². The van der Waals surface area contributed by atoms with Gasteiger partial charge < -0.3 is 0 Å². The Bertz CT molecular complexity index is 280. The Kier molecular flexibility index (Phi) is 2.15. The topological polar surface area (TPSA) is 43.4 Å². The molecule has 4 heteroatoms. The zero-order valence-electron chi connectivity index (χ0n) is 7.95. The van der Waals surface area contributed by atoms with Crippen LogP contribution in [-0.2, 0) is 14.3 Å². The van der Waals surface area contributed by atoms with Crippen molar-refractivity contribution in [2.45, 2.75) is 44.6 Å². The van der Waals surface area contributed by atoms with Crippen LogP contribution in [0.3, 0.4) is 0 Å². The lowest BCUT2D eigenvalue weighted by molar-refractivity contribution is -0.00558. The summed E-state index contributed by atoms with van der Waals surface area (Å²) in [5, 5.41) is 0. The van der Waals surface area contributed by atoms with Crippen LogP contribution in [0.2, 0.25) is 0 Å². The highest BCUT2D eigenvalue weighted by Crippen LogP contribution is 2.54. The molecule has 0 bridgehead atoms. The van der Waals surface area contributed by atoms with Gasteiger partial charge in [0.2, 0.25) is 0 Å². The molecule has 76 valence electrons. The molecule has 2 aliphatic carbocycles. The number of rotatable bonds is 2. The Morgan fingerprint density at radius 1 is 1.23 bits per heavy atom. The van der Waals surface area contributed by atoms with Crippen molar-refractivity contribution in [3.8, 4) is 0 Å². The lowest BCUT2D eigenvalue weighted by atomic mass is 9.66. The van der Waals surface area contributed by atoms with Crippen LogP contribution in [0.5, 0.6) is 0 Å². The predicted molar refractivity (Wildman–Crippen MR) is 49.9 cm³/mol. The van der Waals surface area contributed by atoms with E-state index in [1.807, 2.05) is 0 Å². The van der Waals surface area contributed by atoms with Gasteiger partial charge in [0.15, 0.2) is 0 Å². The molecule has 0 atom stereocenters. The molecule has 2 aliphatic rings. The molecule has 3 nitrogen and oxygen atoms in total. The van der Waals surface area contributed by atoms with E-state index in [1.165, 1.54) is 25.7 Å². The van der Waals surface area contributed by atoms with Crippen molar-refractivity contribution in [3.05, 3.63) is 0 Å². The smallest absolute Gasteiger partial charge is 0.264 e. The van der Waals surface area contributed by atoms with Crippen molar-refractivity contribution >= 4 is 10.1 Å². The van der Waals surface area contributed by atoms with Crippen LogP contribution in [0, 0.1) is 5.41 Å². The molecule has 0 heterocycles. The quantitative estimate of drug-likeness (QED) is 0.643. The summed E-state index contributed by atoms with van der Waals surface area (Å²) >= 11 is 0. The van der Waals surface area contributed by atoms with Gasteiger partial charge in [0, 0.05) is 0 Å². The fourth-order valence-corrected chi connectivity index (χ4v) is 3.39. The molecule has 2 saturated carbocycles. The van der Waals surface area contributed by atoms with E-state index >= 15 is 0 Å². The number of hydrogen-bond acceptors (Lipinski definition) is 3.